The fourth-order valence-electron chi connectivity index (χ4n) is 2.73. The molecule has 0 aromatic heterocycles. The Bertz CT molecular complexity index is 626. The van der Waals surface area contributed by atoms with Crippen molar-refractivity contribution >= 4 is 28.3 Å². The van der Waals surface area contributed by atoms with Gasteiger partial charge in [-0.05, 0) is 37.0 Å². The van der Waals surface area contributed by atoms with E-state index < -0.39 is 10.0 Å². The predicted molar refractivity (Wildman–Crippen MR) is 97.7 cm³/mol. The molecule has 1 amide bonds. The van der Waals surface area contributed by atoms with Gasteiger partial charge in [-0.1, -0.05) is 19.1 Å². The molecule has 3 N–H and O–H groups in total. The van der Waals surface area contributed by atoms with Crippen molar-refractivity contribution in [2.75, 3.05) is 18.8 Å². The maximum absolute atomic E-state index is 12.2. The zero-order valence-corrected chi connectivity index (χ0v) is 15.5. The molecular formula is C16H26ClN3O3S. The monoisotopic (exact) mass is 375 g/mol. The second-order valence-electron chi connectivity index (χ2n) is 5.86. The summed E-state index contributed by atoms with van der Waals surface area (Å²) in [4.78, 5) is 12.2. The minimum absolute atomic E-state index is 0. The number of sulfonamides is 1. The van der Waals surface area contributed by atoms with Crippen molar-refractivity contribution in [3.05, 3.63) is 35.4 Å². The maximum Gasteiger partial charge on any atom is 0.251 e. The molecule has 0 spiro atoms. The van der Waals surface area contributed by atoms with Gasteiger partial charge in [0.05, 0.1) is 5.75 Å². The molecule has 1 aromatic carbocycles. The SMILES string of the molecule is CCCS(=O)(=O)N1CCC(NC(=O)c2ccc(CN)cc2)CC1.Cl. The van der Waals surface area contributed by atoms with E-state index in [0.717, 1.165) is 5.56 Å². The van der Waals surface area contributed by atoms with Crippen molar-refractivity contribution in [2.45, 2.75) is 38.8 Å². The van der Waals surface area contributed by atoms with Crippen molar-refractivity contribution in [3.8, 4) is 0 Å². The molecule has 0 aliphatic carbocycles. The lowest BCUT2D eigenvalue weighted by molar-refractivity contribution is 0.0924. The van der Waals surface area contributed by atoms with Crippen molar-refractivity contribution in [1.82, 2.24) is 9.62 Å². The molecular weight excluding hydrogens is 350 g/mol. The lowest BCUT2D eigenvalue weighted by atomic mass is 10.1. The Morgan fingerprint density at radius 1 is 1.25 bits per heavy atom. The molecule has 0 radical (unpaired) electrons. The summed E-state index contributed by atoms with van der Waals surface area (Å²) in [7, 11) is -3.14. The molecule has 2 rings (SSSR count). The molecule has 8 heteroatoms. The molecule has 1 fully saturated rings. The van der Waals surface area contributed by atoms with Gasteiger partial charge < -0.3 is 11.1 Å². The Morgan fingerprint density at radius 3 is 2.33 bits per heavy atom. The first-order valence-electron chi connectivity index (χ1n) is 8.04. The van der Waals surface area contributed by atoms with Gasteiger partial charge in [-0.2, -0.15) is 0 Å². The number of hydrogen-bond donors (Lipinski definition) is 2. The largest absolute Gasteiger partial charge is 0.349 e. The van der Waals surface area contributed by atoms with Gasteiger partial charge in [-0.3, -0.25) is 4.79 Å². The first kappa shape index (κ1) is 20.9. The maximum atomic E-state index is 12.2. The molecule has 0 bridgehead atoms. The van der Waals surface area contributed by atoms with Crippen LogP contribution in [0, 0.1) is 0 Å². The highest BCUT2D eigenvalue weighted by Gasteiger charge is 2.28. The average molecular weight is 376 g/mol. The van der Waals surface area contributed by atoms with E-state index in [1.54, 1.807) is 12.1 Å². The summed E-state index contributed by atoms with van der Waals surface area (Å²) in [5.41, 5.74) is 7.12. The molecule has 24 heavy (non-hydrogen) atoms. The number of benzene rings is 1. The van der Waals surface area contributed by atoms with Crippen LogP contribution in [0.4, 0.5) is 0 Å². The van der Waals surface area contributed by atoms with E-state index >= 15 is 0 Å². The predicted octanol–water partition coefficient (Wildman–Crippen LogP) is 1.50. The third-order valence-corrected chi connectivity index (χ3v) is 6.17. The van der Waals surface area contributed by atoms with Crippen LogP contribution in [0.25, 0.3) is 0 Å². The number of nitrogens with two attached hydrogens (primary N) is 1. The molecule has 1 aliphatic rings. The van der Waals surface area contributed by atoms with Crippen LogP contribution in [0.1, 0.15) is 42.1 Å². The Balaban J connectivity index is 0.00000288. The molecule has 1 aromatic rings. The second kappa shape index (κ2) is 9.36. The van der Waals surface area contributed by atoms with Gasteiger partial charge in [-0.15, -0.1) is 12.4 Å². The third kappa shape index (κ3) is 5.44. The third-order valence-electron chi connectivity index (χ3n) is 4.10. The number of amides is 1. The number of nitrogens with zero attached hydrogens (tertiary/aromatic N) is 1. The van der Waals surface area contributed by atoms with Gasteiger partial charge in [0, 0.05) is 31.2 Å². The average Bonchev–Trinajstić information content (AvgIpc) is 2.55. The summed E-state index contributed by atoms with van der Waals surface area (Å²) in [6.07, 6.45) is 1.92. The van der Waals surface area contributed by atoms with Crippen LogP contribution in [-0.4, -0.2) is 43.5 Å². The smallest absolute Gasteiger partial charge is 0.251 e. The van der Waals surface area contributed by atoms with Gasteiger partial charge in [0.2, 0.25) is 10.0 Å². The zero-order chi connectivity index (χ0) is 16.9. The molecule has 1 aliphatic heterocycles. The Kier molecular flexibility index (Phi) is 8.15. The summed E-state index contributed by atoms with van der Waals surface area (Å²) >= 11 is 0. The molecule has 0 saturated carbocycles. The fraction of sp³-hybridized carbons (Fsp3) is 0.562. The van der Waals surface area contributed by atoms with Crippen molar-refractivity contribution in [2.24, 2.45) is 5.73 Å². The summed E-state index contributed by atoms with van der Waals surface area (Å²) in [6, 6.07) is 7.23. The molecule has 6 nitrogen and oxygen atoms in total. The van der Waals surface area contributed by atoms with Crippen LogP contribution in [0.2, 0.25) is 0 Å². The molecule has 1 saturated heterocycles. The Hall–Kier alpha value is -1.15. The molecule has 0 atom stereocenters. The van der Waals surface area contributed by atoms with Gasteiger partial charge >= 0.3 is 0 Å². The highest BCUT2D eigenvalue weighted by atomic mass is 35.5. The van der Waals surface area contributed by atoms with Crippen molar-refractivity contribution in [1.29, 1.82) is 0 Å². The van der Waals surface area contributed by atoms with Gasteiger partial charge in [-0.25, -0.2) is 12.7 Å². The van der Waals surface area contributed by atoms with Crippen LogP contribution in [0.5, 0.6) is 0 Å². The number of carbonyl (C=O) groups excluding carboxylic acids is 1. The topological polar surface area (TPSA) is 92.5 Å². The van der Waals surface area contributed by atoms with E-state index in [4.69, 9.17) is 5.73 Å². The molecule has 0 unspecified atom stereocenters. The van der Waals surface area contributed by atoms with Crippen LogP contribution in [0.3, 0.4) is 0 Å². The number of halogens is 1. The van der Waals surface area contributed by atoms with E-state index in [1.165, 1.54) is 4.31 Å². The second-order valence-corrected chi connectivity index (χ2v) is 7.95. The van der Waals surface area contributed by atoms with Crippen LogP contribution < -0.4 is 11.1 Å². The van der Waals surface area contributed by atoms with Crippen LogP contribution >= 0.6 is 12.4 Å². The van der Waals surface area contributed by atoms with Gasteiger partial charge in [0.25, 0.3) is 5.91 Å². The van der Waals surface area contributed by atoms with E-state index in [0.29, 0.717) is 44.5 Å². The van der Waals surface area contributed by atoms with Gasteiger partial charge in [0.1, 0.15) is 0 Å². The zero-order valence-electron chi connectivity index (χ0n) is 13.9. The number of piperidine rings is 1. The number of hydrogen-bond acceptors (Lipinski definition) is 4. The molecule has 1 heterocycles. The summed E-state index contributed by atoms with van der Waals surface area (Å²) in [5.74, 6) is 0.0702. The first-order valence-corrected chi connectivity index (χ1v) is 9.65. The van der Waals surface area contributed by atoms with Crippen molar-refractivity contribution < 1.29 is 13.2 Å². The van der Waals surface area contributed by atoms with Crippen LogP contribution in [-0.2, 0) is 16.6 Å². The minimum Gasteiger partial charge on any atom is -0.349 e. The molecule has 136 valence electrons. The summed E-state index contributed by atoms with van der Waals surface area (Å²) in [5, 5.41) is 2.98. The Labute approximate surface area is 150 Å². The summed E-state index contributed by atoms with van der Waals surface area (Å²) in [6.45, 7) is 3.26. The van der Waals surface area contributed by atoms with E-state index in [9.17, 15) is 13.2 Å². The van der Waals surface area contributed by atoms with Crippen LogP contribution in [0.15, 0.2) is 24.3 Å². The van der Waals surface area contributed by atoms with Crippen molar-refractivity contribution in [3.63, 3.8) is 0 Å². The number of rotatable bonds is 6. The minimum atomic E-state index is -3.14. The number of carbonyl (C=O) groups is 1. The highest BCUT2D eigenvalue weighted by molar-refractivity contribution is 7.89. The van der Waals surface area contributed by atoms with E-state index in [-0.39, 0.29) is 30.1 Å². The summed E-state index contributed by atoms with van der Waals surface area (Å²) < 4.78 is 25.6. The lowest BCUT2D eigenvalue weighted by Gasteiger charge is -2.31. The number of nitrogens with one attached hydrogen (secondary N) is 1. The normalized spacial score (nSPS) is 16.4. The highest BCUT2D eigenvalue weighted by Crippen LogP contribution is 2.16. The lowest BCUT2D eigenvalue weighted by Crippen LogP contribution is -2.47. The van der Waals surface area contributed by atoms with E-state index in [2.05, 4.69) is 5.32 Å². The Morgan fingerprint density at radius 2 is 1.83 bits per heavy atom. The standard InChI is InChI=1S/C16H25N3O3S.ClH/c1-2-11-23(21,22)19-9-7-15(8-10-19)18-16(20)14-5-3-13(12-17)4-6-14;/h3-6,15H,2,7-12,17H2,1H3,(H,18,20);1H. The fourth-order valence-corrected chi connectivity index (χ4v) is 4.27. The quantitative estimate of drug-likeness (QED) is 0.788. The first-order chi connectivity index (χ1) is 11.0. The van der Waals surface area contributed by atoms with Gasteiger partial charge in [0.15, 0.2) is 0 Å². The van der Waals surface area contributed by atoms with E-state index in [1.807, 2.05) is 19.1 Å².